The summed E-state index contributed by atoms with van der Waals surface area (Å²) in [6.45, 7) is 2.00. The van der Waals surface area contributed by atoms with Gasteiger partial charge in [0.2, 0.25) is 0 Å². The average molecular weight is 225 g/mol. The van der Waals surface area contributed by atoms with Gasteiger partial charge < -0.3 is 5.11 Å². The van der Waals surface area contributed by atoms with Crippen LogP contribution < -0.4 is 0 Å². The van der Waals surface area contributed by atoms with Gasteiger partial charge in [-0.1, -0.05) is 0 Å². The van der Waals surface area contributed by atoms with Gasteiger partial charge in [0.15, 0.2) is 0 Å². The minimum absolute atomic E-state index is 0.103. The van der Waals surface area contributed by atoms with Crippen molar-refractivity contribution < 1.29 is 23.1 Å². The van der Waals surface area contributed by atoms with Gasteiger partial charge in [-0.05, 0) is 19.9 Å². The van der Waals surface area contributed by atoms with E-state index < -0.39 is 24.5 Å². The second-order valence-electron chi connectivity index (χ2n) is 3.88. The third-order valence-electron chi connectivity index (χ3n) is 2.89. The van der Waals surface area contributed by atoms with Crippen LogP contribution in [-0.4, -0.2) is 41.3 Å². The van der Waals surface area contributed by atoms with E-state index in [2.05, 4.69) is 0 Å². The van der Waals surface area contributed by atoms with Crippen LogP contribution in [-0.2, 0) is 4.79 Å². The molecule has 0 aromatic rings. The van der Waals surface area contributed by atoms with Crippen molar-refractivity contribution in [2.45, 2.75) is 32.0 Å². The Hall–Kier alpha value is -0.780. The summed E-state index contributed by atoms with van der Waals surface area (Å²) in [7, 11) is 0. The molecule has 1 aliphatic rings. The summed E-state index contributed by atoms with van der Waals surface area (Å²) in [4.78, 5) is 12.3. The first-order chi connectivity index (χ1) is 6.81. The lowest BCUT2D eigenvalue weighted by Crippen LogP contribution is -2.35. The number of aliphatic carboxylic acids is 1. The van der Waals surface area contributed by atoms with E-state index in [1.54, 1.807) is 11.8 Å². The van der Waals surface area contributed by atoms with Crippen molar-refractivity contribution in [2.24, 2.45) is 5.92 Å². The fourth-order valence-corrected chi connectivity index (χ4v) is 1.92. The van der Waals surface area contributed by atoms with E-state index in [1.165, 1.54) is 0 Å². The molecular formula is C9H14F3NO2. The number of nitrogens with zero attached hydrogens (tertiary/aromatic N) is 1. The summed E-state index contributed by atoms with van der Waals surface area (Å²) in [6.07, 6.45) is -4.60. The highest BCUT2D eigenvalue weighted by atomic mass is 19.4. The van der Waals surface area contributed by atoms with E-state index in [4.69, 9.17) is 5.11 Å². The fourth-order valence-electron chi connectivity index (χ4n) is 1.92. The molecule has 0 aromatic heterocycles. The van der Waals surface area contributed by atoms with E-state index >= 15 is 0 Å². The van der Waals surface area contributed by atoms with Crippen molar-refractivity contribution in [1.29, 1.82) is 0 Å². The zero-order chi connectivity index (χ0) is 11.6. The zero-order valence-corrected chi connectivity index (χ0v) is 8.42. The first-order valence-corrected chi connectivity index (χ1v) is 4.85. The fraction of sp³-hybridized carbons (Fsp3) is 0.889. The maximum absolute atomic E-state index is 11.9. The standard InChI is InChI=1S/C9H14F3NO2/c1-6-7(8(14)15)2-4-13(6)5-3-9(10,11)12/h6-7H,2-5H2,1H3,(H,14,15)/t6-,7+/m1/s1. The lowest BCUT2D eigenvalue weighted by molar-refractivity contribution is -0.143. The summed E-state index contributed by atoms with van der Waals surface area (Å²) in [5.74, 6) is -1.45. The number of carboxylic acids is 1. The predicted octanol–water partition coefficient (Wildman–Crippen LogP) is 1.73. The van der Waals surface area contributed by atoms with Gasteiger partial charge in [-0.25, -0.2) is 0 Å². The van der Waals surface area contributed by atoms with Crippen LogP contribution in [0.4, 0.5) is 13.2 Å². The number of carboxylic acid groups (broad SMARTS) is 1. The molecule has 1 heterocycles. The SMILES string of the molecule is C[C@@H]1[C@@H](C(=O)O)CCN1CCC(F)(F)F. The molecule has 0 aliphatic carbocycles. The Morgan fingerprint density at radius 2 is 2.13 bits per heavy atom. The molecule has 0 bridgehead atoms. The van der Waals surface area contributed by atoms with E-state index in [0.717, 1.165) is 0 Å². The summed E-state index contributed by atoms with van der Waals surface area (Å²) < 4.78 is 35.8. The lowest BCUT2D eigenvalue weighted by atomic mass is 10.0. The normalized spacial score (nSPS) is 28.3. The molecule has 1 aliphatic heterocycles. The monoisotopic (exact) mass is 225 g/mol. The predicted molar refractivity (Wildman–Crippen MR) is 47.4 cm³/mol. The van der Waals surface area contributed by atoms with Crippen molar-refractivity contribution in [1.82, 2.24) is 4.90 Å². The molecule has 88 valence electrons. The second kappa shape index (κ2) is 4.38. The van der Waals surface area contributed by atoms with Crippen LogP contribution in [0.15, 0.2) is 0 Å². The molecule has 1 rings (SSSR count). The van der Waals surface area contributed by atoms with E-state index in [9.17, 15) is 18.0 Å². The van der Waals surface area contributed by atoms with Crippen LogP contribution >= 0.6 is 0 Å². The molecule has 1 N–H and O–H groups in total. The van der Waals surface area contributed by atoms with Crippen LogP contribution in [0.25, 0.3) is 0 Å². The highest BCUT2D eigenvalue weighted by Gasteiger charge is 2.37. The molecule has 1 fully saturated rings. The molecule has 6 heteroatoms. The van der Waals surface area contributed by atoms with Crippen molar-refractivity contribution in [3.8, 4) is 0 Å². The van der Waals surface area contributed by atoms with Gasteiger partial charge >= 0.3 is 12.1 Å². The van der Waals surface area contributed by atoms with Crippen LogP contribution in [0.3, 0.4) is 0 Å². The van der Waals surface area contributed by atoms with Gasteiger partial charge in [0.05, 0.1) is 12.3 Å². The van der Waals surface area contributed by atoms with Gasteiger partial charge in [-0.15, -0.1) is 0 Å². The number of hydrogen-bond acceptors (Lipinski definition) is 2. The Labute approximate surface area is 85.9 Å². The molecule has 2 atom stereocenters. The van der Waals surface area contributed by atoms with Crippen molar-refractivity contribution >= 4 is 5.97 Å². The molecule has 0 saturated carbocycles. The zero-order valence-electron chi connectivity index (χ0n) is 8.42. The summed E-state index contributed by atoms with van der Waals surface area (Å²) in [5, 5.41) is 8.78. The lowest BCUT2D eigenvalue weighted by Gasteiger charge is -2.23. The van der Waals surface area contributed by atoms with Gasteiger partial charge in [0.1, 0.15) is 0 Å². The number of rotatable bonds is 3. The van der Waals surface area contributed by atoms with Gasteiger partial charge in [-0.2, -0.15) is 13.2 Å². The minimum Gasteiger partial charge on any atom is -0.481 e. The Bertz CT molecular complexity index is 242. The van der Waals surface area contributed by atoms with Crippen LogP contribution in [0, 0.1) is 5.92 Å². The maximum Gasteiger partial charge on any atom is 0.390 e. The highest BCUT2D eigenvalue weighted by molar-refractivity contribution is 5.71. The van der Waals surface area contributed by atoms with E-state index in [1.807, 2.05) is 0 Å². The minimum atomic E-state index is -4.17. The van der Waals surface area contributed by atoms with E-state index in [0.29, 0.717) is 13.0 Å². The quantitative estimate of drug-likeness (QED) is 0.795. The smallest absolute Gasteiger partial charge is 0.390 e. The summed E-state index contributed by atoms with van der Waals surface area (Å²) in [6, 6.07) is -0.301. The molecule has 1 saturated heterocycles. The third-order valence-corrected chi connectivity index (χ3v) is 2.89. The topological polar surface area (TPSA) is 40.5 Å². The summed E-state index contributed by atoms with van der Waals surface area (Å²) in [5.41, 5.74) is 0. The van der Waals surface area contributed by atoms with Crippen molar-refractivity contribution in [3.63, 3.8) is 0 Å². The number of hydrogen-bond donors (Lipinski definition) is 1. The Morgan fingerprint density at radius 3 is 2.53 bits per heavy atom. The Kier molecular flexibility index (Phi) is 3.59. The number of carbonyl (C=O) groups is 1. The van der Waals surface area contributed by atoms with Gasteiger partial charge in [0.25, 0.3) is 0 Å². The van der Waals surface area contributed by atoms with Crippen molar-refractivity contribution in [3.05, 3.63) is 0 Å². The maximum atomic E-state index is 11.9. The summed E-state index contributed by atoms with van der Waals surface area (Å²) >= 11 is 0. The average Bonchev–Trinajstić information content (AvgIpc) is 2.42. The number of alkyl halides is 3. The number of halogens is 3. The van der Waals surface area contributed by atoms with Gasteiger partial charge in [0, 0.05) is 12.6 Å². The first-order valence-electron chi connectivity index (χ1n) is 4.85. The largest absolute Gasteiger partial charge is 0.481 e. The third kappa shape index (κ3) is 3.37. The molecule has 3 nitrogen and oxygen atoms in total. The molecule has 0 aromatic carbocycles. The first kappa shape index (κ1) is 12.3. The van der Waals surface area contributed by atoms with E-state index in [-0.39, 0.29) is 12.6 Å². The van der Waals surface area contributed by atoms with Crippen LogP contribution in [0.1, 0.15) is 19.8 Å². The van der Waals surface area contributed by atoms with Crippen LogP contribution in [0.5, 0.6) is 0 Å². The van der Waals surface area contributed by atoms with Crippen molar-refractivity contribution in [2.75, 3.05) is 13.1 Å². The second-order valence-corrected chi connectivity index (χ2v) is 3.88. The van der Waals surface area contributed by atoms with Gasteiger partial charge in [-0.3, -0.25) is 9.69 Å². The highest BCUT2D eigenvalue weighted by Crippen LogP contribution is 2.27. The molecule has 0 spiro atoms. The molecule has 0 unspecified atom stereocenters. The molecule has 0 radical (unpaired) electrons. The number of likely N-dealkylation sites (tertiary alicyclic amines) is 1. The molecule has 0 amide bonds. The Balaban J connectivity index is 2.43. The van der Waals surface area contributed by atoms with Crippen LogP contribution in [0.2, 0.25) is 0 Å². The Morgan fingerprint density at radius 1 is 1.53 bits per heavy atom. The molecular weight excluding hydrogens is 211 g/mol. The molecule has 15 heavy (non-hydrogen) atoms.